The second-order valence-electron chi connectivity index (χ2n) is 8.80. The van der Waals surface area contributed by atoms with Crippen LogP contribution in [0.2, 0.25) is 0 Å². The summed E-state index contributed by atoms with van der Waals surface area (Å²) in [5.74, 6) is 0.510. The van der Waals surface area contributed by atoms with Gasteiger partial charge in [-0.15, -0.1) is 19.2 Å². The highest BCUT2D eigenvalue weighted by Crippen LogP contribution is 2.57. The van der Waals surface area contributed by atoms with E-state index >= 15 is 0 Å². The van der Waals surface area contributed by atoms with Gasteiger partial charge in [-0.2, -0.15) is 0 Å². The molecule has 0 unspecified atom stereocenters. The second-order valence-corrected chi connectivity index (χ2v) is 9.28. The topological polar surface area (TPSA) is 40.5 Å². The van der Waals surface area contributed by atoms with Crippen molar-refractivity contribution in [3.8, 4) is 22.6 Å². The van der Waals surface area contributed by atoms with Crippen LogP contribution < -0.4 is 0 Å². The van der Waals surface area contributed by atoms with E-state index in [0.717, 1.165) is 27.8 Å². The van der Waals surface area contributed by atoms with Crippen LogP contribution in [0.25, 0.3) is 11.1 Å². The molecule has 4 aromatic carbocycles. The largest absolute Gasteiger partial charge is 0.507 e. The lowest BCUT2D eigenvalue weighted by Gasteiger charge is -2.35. The summed E-state index contributed by atoms with van der Waals surface area (Å²) in [5.41, 5.74) is 8.69. The van der Waals surface area contributed by atoms with Gasteiger partial charge in [0.2, 0.25) is 0 Å². The average molecular weight is 451 g/mol. The van der Waals surface area contributed by atoms with Crippen LogP contribution in [-0.4, -0.2) is 10.2 Å². The van der Waals surface area contributed by atoms with Crippen LogP contribution in [0, 0.1) is 13.8 Å². The van der Waals surface area contributed by atoms with Crippen molar-refractivity contribution in [3.63, 3.8) is 0 Å². The Labute approximate surface area is 200 Å². The molecular formula is C30H26O2S. The number of fused-ring (bicyclic) bond motifs is 3. The zero-order valence-electron chi connectivity index (χ0n) is 18.8. The molecule has 0 saturated carbocycles. The lowest BCUT2D eigenvalue weighted by atomic mass is 9.67. The van der Waals surface area contributed by atoms with Gasteiger partial charge in [-0.1, -0.05) is 72.8 Å². The normalized spacial score (nSPS) is 13.4. The zero-order valence-corrected chi connectivity index (χ0v) is 19.7. The molecule has 2 nitrogen and oxygen atoms in total. The second kappa shape index (κ2) is 7.86. The van der Waals surface area contributed by atoms with E-state index in [1.54, 1.807) is 0 Å². The Balaban J connectivity index is 1.98. The maximum Gasteiger partial charge on any atom is 0.131 e. The fourth-order valence-corrected chi connectivity index (χ4v) is 5.70. The number of phenols is 2. The third-order valence-electron chi connectivity index (χ3n) is 6.84. The van der Waals surface area contributed by atoms with E-state index in [1.165, 1.54) is 22.3 Å². The Morgan fingerprint density at radius 3 is 1.85 bits per heavy atom. The van der Waals surface area contributed by atoms with Crippen molar-refractivity contribution in [1.82, 2.24) is 0 Å². The first-order valence-electron chi connectivity index (χ1n) is 11.1. The fourth-order valence-electron chi connectivity index (χ4n) is 5.38. The van der Waals surface area contributed by atoms with E-state index in [0.29, 0.717) is 17.1 Å². The smallest absolute Gasteiger partial charge is 0.131 e. The summed E-state index contributed by atoms with van der Waals surface area (Å²) < 4.78 is 0. The molecule has 0 aliphatic heterocycles. The summed E-state index contributed by atoms with van der Waals surface area (Å²) in [7, 11) is 0. The molecule has 0 fully saturated rings. The van der Waals surface area contributed by atoms with Crippen LogP contribution in [0.5, 0.6) is 11.5 Å². The quantitative estimate of drug-likeness (QED) is 0.202. The average Bonchev–Trinajstić information content (AvgIpc) is 3.11. The Kier molecular flexibility index (Phi) is 5.10. The van der Waals surface area contributed by atoms with E-state index < -0.39 is 5.41 Å². The van der Waals surface area contributed by atoms with Gasteiger partial charge in [0.05, 0.1) is 5.41 Å². The van der Waals surface area contributed by atoms with Gasteiger partial charge in [0, 0.05) is 4.90 Å². The lowest BCUT2D eigenvalue weighted by molar-refractivity contribution is 0.457. The molecule has 0 radical (unpaired) electrons. The number of hydrogen-bond donors (Lipinski definition) is 3. The van der Waals surface area contributed by atoms with Gasteiger partial charge >= 0.3 is 0 Å². The van der Waals surface area contributed by atoms with Crippen molar-refractivity contribution in [1.29, 1.82) is 0 Å². The molecule has 0 bridgehead atoms. The lowest BCUT2D eigenvalue weighted by Crippen LogP contribution is -2.29. The van der Waals surface area contributed by atoms with Crippen LogP contribution in [0.1, 0.15) is 38.9 Å². The number of allylic oxidation sites excluding steroid dienone is 1. The van der Waals surface area contributed by atoms with Gasteiger partial charge in [0.25, 0.3) is 0 Å². The molecule has 1 aliphatic carbocycles. The van der Waals surface area contributed by atoms with Crippen molar-refractivity contribution in [3.05, 3.63) is 124 Å². The predicted octanol–water partition coefficient (Wildman–Crippen LogP) is 7.09. The van der Waals surface area contributed by atoms with Gasteiger partial charge in [0.15, 0.2) is 0 Å². The molecule has 4 aromatic rings. The SMILES string of the molecule is C=CCc1cc(C2(c3cc(C)c(O)c(S)c3)c3ccccc3-c3ccccc32)cc(C)c1O. The number of thiol groups is 1. The molecule has 3 heteroatoms. The molecule has 0 spiro atoms. The maximum absolute atomic E-state index is 10.8. The number of benzene rings is 4. The van der Waals surface area contributed by atoms with Crippen LogP contribution in [0.3, 0.4) is 0 Å². The van der Waals surface area contributed by atoms with Gasteiger partial charge in [-0.05, 0) is 76.4 Å². The van der Waals surface area contributed by atoms with Crippen molar-refractivity contribution >= 4 is 12.6 Å². The summed E-state index contributed by atoms with van der Waals surface area (Å²) in [4.78, 5) is 0.549. The minimum atomic E-state index is -0.614. The molecule has 1 aliphatic rings. The Morgan fingerprint density at radius 1 is 0.788 bits per heavy atom. The van der Waals surface area contributed by atoms with Gasteiger partial charge in [0.1, 0.15) is 11.5 Å². The first-order chi connectivity index (χ1) is 15.9. The first-order valence-corrected chi connectivity index (χ1v) is 11.5. The van der Waals surface area contributed by atoms with Crippen molar-refractivity contribution < 1.29 is 10.2 Å². The predicted molar refractivity (Wildman–Crippen MR) is 138 cm³/mol. The van der Waals surface area contributed by atoms with E-state index in [4.69, 9.17) is 0 Å². The van der Waals surface area contributed by atoms with Gasteiger partial charge in [-0.3, -0.25) is 0 Å². The number of aryl methyl sites for hydroxylation is 2. The van der Waals surface area contributed by atoms with Crippen molar-refractivity contribution in [2.75, 3.05) is 0 Å². The third kappa shape index (κ3) is 3.03. The highest BCUT2D eigenvalue weighted by Gasteiger charge is 2.46. The first kappa shape index (κ1) is 21.4. The molecule has 33 heavy (non-hydrogen) atoms. The number of phenolic OH excluding ortho intramolecular Hbond substituents is 2. The molecule has 0 amide bonds. The summed E-state index contributed by atoms with van der Waals surface area (Å²) in [6, 6.07) is 25.2. The van der Waals surface area contributed by atoms with Crippen molar-refractivity contribution in [2.24, 2.45) is 0 Å². The van der Waals surface area contributed by atoms with Gasteiger partial charge in [-0.25, -0.2) is 0 Å². The van der Waals surface area contributed by atoms with Crippen LogP contribution in [-0.2, 0) is 11.8 Å². The number of aromatic hydroxyl groups is 2. The monoisotopic (exact) mass is 450 g/mol. The third-order valence-corrected chi connectivity index (χ3v) is 7.18. The van der Waals surface area contributed by atoms with Gasteiger partial charge < -0.3 is 10.2 Å². The highest BCUT2D eigenvalue weighted by atomic mass is 32.1. The molecule has 0 atom stereocenters. The summed E-state index contributed by atoms with van der Waals surface area (Å²) in [6.07, 6.45) is 2.39. The Bertz CT molecular complexity index is 1350. The molecule has 0 aromatic heterocycles. The molecular weight excluding hydrogens is 424 g/mol. The number of hydrogen-bond acceptors (Lipinski definition) is 3. The maximum atomic E-state index is 10.8. The Morgan fingerprint density at radius 2 is 1.30 bits per heavy atom. The molecule has 164 valence electrons. The zero-order chi connectivity index (χ0) is 23.3. The van der Waals surface area contributed by atoms with Crippen molar-refractivity contribution in [2.45, 2.75) is 30.6 Å². The highest BCUT2D eigenvalue weighted by molar-refractivity contribution is 7.80. The summed E-state index contributed by atoms with van der Waals surface area (Å²) in [6.45, 7) is 7.73. The molecule has 0 heterocycles. The minimum absolute atomic E-state index is 0.200. The van der Waals surface area contributed by atoms with E-state index in [-0.39, 0.29) is 5.75 Å². The minimum Gasteiger partial charge on any atom is -0.507 e. The number of rotatable bonds is 4. The molecule has 5 rings (SSSR count). The standard InChI is InChI=1S/C30H26O2S/c1-4-9-20-16-21(14-18(2)28(20)31)30(22-15-19(3)29(32)27(33)17-22)25-12-7-5-10-23(25)24-11-6-8-13-26(24)30/h4-8,10-17,31-33H,1,9H2,2-3H3. The van der Waals surface area contributed by atoms with Crippen LogP contribution in [0.4, 0.5) is 0 Å². The van der Waals surface area contributed by atoms with E-state index in [2.05, 4.69) is 85.9 Å². The van der Waals surface area contributed by atoms with E-state index in [9.17, 15) is 10.2 Å². The summed E-state index contributed by atoms with van der Waals surface area (Å²) in [5, 5.41) is 21.3. The molecule has 0 saturated heterocycles. The Hall–Kier alpha value is -3.43. The fraction of sp³-hybridized carbons (Fsp3) is 0.133. The van der Waals surface area contributed by atoms with Crippen LogP contribution >= 0.6 is 12.6 Å². The van der Waals surface area contributed by atoms with Crippen LogP contribution in [0.15, 0.2) is 90.3 Å². The molecule has 2 N–H and O–H groups in total. The van der Waals surface area contributed by atoms with E-state index in [1.807, 2.05) is 26.0 Å². The summed E-state index contributed by atoms with van der Waals surface area (Å²) >= 11 is 4.61.